The third-order valence-corrected chi connectivity index (χ3v) is 5.13. The number of nitrogens with zero attached hydrogens (tertiary/aromatic N) is 3. The summed E-state index contributed by atoms with van der Waals surface area (Å²) in [5, 5.41) is 4.56. The summed E-state index contributed by atoms with van der Waals surface area (Å²) in [5.74, 6) is 0.0450. The topological polar surface area (TPSA) is 73.7 Å². The maximum absolute atomic E-state index is 13.1. The Morgan fingerprint density at radius 3 is 2.63 bits per heavy atom. The summed E-state index contributed by atoms with van der Waals surface area (Å²) in [7, 11) is 1.57. The minimum absolute atomic E-state index is 0.109. The van der Waals surface area contributed by atoms with Crippen molar-refractivity contribution in [3.05, 3.63) is 77.1 Å². The fourth-order valence-electron chi connectivity index (χ4n) is 3.68. The molecule has 154 valence electrons. The minimum Gasteiger partial charge on any atom is -0.497 e. The highest BCUT2D eigenvalue weighted by Crippen LogP contribution is 2.27. The Morgan fingerprint density at radius 1 is 1.10 bits per heavy atom. The molecule has 7 nitrogen and oxygen atoms in total. The highest BCUT2D eigenvalue weighted by atomic mass is 16.5. The van der Waals surface area contributed by atoms with Gasteiger partial charge in [0.15, 0.2) is 5.69 Å². The maximum atomic E-state index is 13.1. The van der Waals surface area contributed by atoms with Gasteiger partial charge in [0.1, 0.15) is 5.75 Å². The number of hydrogen-bond acceptors (Lipinski definition) is 5. The van der Waals surface area contributed by atoms with E-state index in [-0.39, 0.29) is 18.2 Å². The molecule has 0 unspecified atom stereocenters. The molecule has 3 aromatic rings. The van der Waals surface area contributed by atoms with Gasteiger partial charge in [-0.05, 0) is 37.3 Å². The summed E-state index contributed by atoms with van der Waals surface area (Å²) in [6, 6.07) is 16.7. The van der Waals surface area contributed by atoms with Crippen LogP contribution in [0.5, 0.6) is 5.75 Å². The number of rotatable bonds is 5. The molecule has 1 aliphatic rings. The molecule has 7 heteroatoms. The number of esters is 1. The molecule has 4 rings (SSSR count). The van der Waals surface area contributed by atoms with Crippen LogP contribution < -0.4 is 4.74 Å². The molecule has 0 spiro atoms. The number of benzene rings is 2. The summed E-state index contributed by atoms with van der Waals surface area (Å²) >= 11 is 0. The standard InChI is InChI=1S/C23H23N3O4/c1-3-30-23(28)21-19-15-25(22(27)16-8-7-11-18(14-16)29-2)13-12-20(19)26(24-21)17-9-5-4-6-10-17/h4-11,14H,3,12-13,15H2,1-2H3. The molecule has 0 atom stereocenters. The Bertz CT molecular complexity index is 1080. The molecule has 1 aromatic heterocycles. The Kier molecular flexibility index (Phi) is 5.52. The fourth-order valence-corrected chi connectivity index (χ4v) is 3.68. The molecule has 0 aliphatic carbocycles. The number of aromatic nitrogens is 2. The number of carbonyl (C=O) groups is 2. The predicted molar refractivity (Wildman–Crippen MR) is 111 cm³/mol. The second-order valence-electron chi connectivity index (χ2n) is 6.95. The van der Waals surface area contributed by atoms with Crippen molar-refractivity contribution in [2.45, 2.75) is 19.9 Å². The highest BCUT2D eigenvalue weighted by Gasteiger charge is 2.31. The first kappa shape index (κ1) is 19.7. The fraction of sp³-hybridized carbons (Fsp3) is 0.261. The van der Waals surface area contributed by atoms with Gasteiger partial charge in [-0.1, -0.05) is 24.3 Å². The lowest BCUT2D eigenvalue weighted by molar-refractivity contribution is 0.0513. The van der Waals surface area contributed by atoms with Crippen molar-refractivity contribution in [3.8, 4) is 11.4 Å². The van der Waals surface area contributed by atoms with Gasteiger partial charge in [-0.25, -0.2) is 9.48 Å². The monoisotopic (exact) mass is 405 g/mol. The molecule has 2 aromatic carbocycles. The maximum Gasteiger partial charge on any atom is 0.359 e. The zero-order valence-corrected chi connectivity index (χ0v) is 17.0. The van der Waals surface area contributed by atoms with Crippen LogP contribution in [0.2, 0.25) is 0 Å². The van der Waals surface area contributed by atoms with Crippen LogP contribution in [0.15, 0.2) is 54.6 Å². The van der Waals surface area contributed by atoms with Gasteiger partial charge in [0, 0.05) is 24.1 Å². The molecule has 0 saturated heterocycles. The number of fused-ring (bicyclic) bond motifs is 1. The summed E-state index contributed by atoms with van der Waals surface area (Å²) in [6.45, 7) is 2.85. The molecular weight excluding hydrogens is 382 g/mol. The summed E-state index contributed by atoms with van der Waals surface area (Å²) in [5.41, 5.74) is 3.35. The summed E-state index contributed by atoms with van der Waals surface area (Å²) < 4.78 is 12.2. The van der Waals surface area contributed by atoms with Crippen molar-refractivity contribution in [2.24, 2.45) is 0 Å². The smallest absolute Gasteiger partial charge is 0.359 e. The second kappa shape index (κ2) is 8.41. The third kappa shape index (κ3) is 3.66. The number of para-hydroxylation sites is 1. The molecular formula is C23H23N3O4. The average molecular weight is 405 g/mol. The molecule has 30 heavy (non-hydrogen) atoms. The Balaban J connectivity index is 1.70. The van der Waals surface area contributed by atoms with Crippen LogP contribution in [0.4, 0.5) is 0 Å². The van der Waals surface area contributed by atoms with E-state index < -0.39 is 5.97 Å². The molecule has 0 N–H and O–H groups in total. The van der Waals surface area contributed by atoms with E-state index in [0.717, 1.165) is 16.9 Å². The van der Waals surface area contributed by atoms with E-state index in [0.29, 0.717) is 30.8 Å². The predicted octanol–water partition coefficient (Wildman–Crippen LogP) is 3.26. The average Bonchev–Trinajstić information content (AvgIpc) is 3.18. The van der Waals surface area contributed by atoms with Crippen LogP contribution in [-0.2, 0) is 17.7 Å². The lowest BCUT2D eigenvalue weighted by Gasteiger charge is -2.28. The molecule has 0 fully saturated rings. The van der Waals surface area contributed by atoms with Crippen LogP contribution in [-0.4, -0.2) is 46.8 Å². The van der Waals surface area contributed by atoms with Crippen molar-refractivity contribution in [1.29, 1.82) is 0 Å². The lowest BCUT2D eigenvalue weighted by atomic mass is 10.0. The van der Waals surface area contributed by atoms with E-state index in [4.69, 9.17) is 9.47 Å². The van der Waals surface area contributed by atoms with Crippen molar-refractivity contribution in [1.82, 2.24) is 14.7 Å². The SMILES string of the molecule is CCOC(=O)c1nn(-c2ccccc2)c2c1CN(C(=O)c1cccc(OC)c1)CC2. The summed E-state index contributed by atoms with van der Waals surface area (Å²) in [4.78, 5) is 27.4. The van der Waals surface area contributed by atoms with Gasteiger partial charge < -0.3 is 14.4 Å². The summed E-state index contributed by atoms with van der Waals surface area (Å²) in [6.07, 6.45) is 0.590. The normalized spacial score (nSPS) is 12.9. The Hall–Kier alpha value is -3.61. The quantitative estimate of drug-likeness (QED) is 0.609. The molecule has 0 saturated carbocycles. The van der Waals surface area contributed by atoms with Crippen LogP contribution in [0.1, 0.15) is 39.0 Å². The van der Waals surface area contributed by atoms with Crippen LogP contribution in [0.25, 0.3) is 5.69 Å². The number of ether oxygens (including phenoxy) is 2. The first-order chi connectivity index (χ1) is 14.6. The van der Waals surface area contributed by atoms with E-state index in [1.807, 2.05) is 30.3 Å². The van der Waals surface area contributed by atoms with Gasteiger partial charge >= 0.3 is 5.97 Å². The Morgan fingerprint density at radius 2 is 1.90 bits per heavy atom. The number of hydrogen-bond donors (Lipinski definition) is 0. The van der Waals surface area contributed by atoms with Gasteiger partial charge in [0.2, 0.25) is 0 Å². The van der Waals surface area contributed by atoms with Gasteiger partial charge in [-0.2, -0.15) is 5.10 Å². The Labute approximate surface area is 174 Å². The second-order valence-corrected chi connectivity index (χ2v) is 6.95. The highest BCUT2D eigenvalue weighted by molar-refractivity contribution is 5.95. The molecule has 0 radical (unpaired) electrons. The van der Waals surface area contributed by atoms with Gasteiger partial charge in [0.05, 0.1) is 31.6 Å². The molecule has 1 aliphatic heterocycles. The molecule has 0 bridgehead atoms. The van der Waals surface area contributed by atoms with Crippen molar-refractivity contribution in [2.75, 3.05) is 20.3 Å². The zero-order valence-electron chi connectivity index (χ0n) is 17.0. The van der Waals surface area contributed by atoms with Crippen LogP contribution in [0.3, 0.4) is 0 Å². The van der Waals surface area contributed by atoms with Crippen molar-refractivity contribution >= 4 is 11.9 Å². The minimum atomic E-state index is -0.473. The first-order valence-electron chi connectivity index (χ1n) is 9.89. The van der Waals surface area contributed by atoms with Crippen molar-refractivity contribution < 1.29 is 19.1 Å². The lowest BCUT2D eigenvalue weighted by Crippen LogP contribution is -2.36. The van der Waals surface area contributed by atoms with Gasteiger partial charge in [0.25, 0.3) is 5.91 Å². The largest absolute Gasteiger partial charge is 0.497 e. The van der Waals surface area contributed by atoms with E-state index in [1.165, 1.54) is 0 Å². The van der Waals surface area contributed by atoms with Crippen molar-refractivity contribution in [3.63, 3.8) is 0 Å². The van der Waals surface area contributed by atoms with E-state index in [2.05, 4.69) is 5.10 Å². The van der Waals surface area contributed by atoms with E-state index >= 15 is 0 Å². The van der Waals surface area contributed by atoms with E-state index in [9.17, 15) is 9.59 Å². The number of carbonyl (C=O) groups excluding carboxylic acids is 2. The first-order valence-corrected chi connectivity index (χ1v) is 9.89. The molecule has 2 heterocycles. The van der Waals surface area contributed by atoms with Crippen LogP contribution >= 0.6 is 0 Å². The van der Waals surface area contributed by atoms with E-state index in [1.54, 1.807) is 47.9 Å². The van der Waals surface area contributed by atoms with Gasteiger partial charge in [-0.3, -0.25) is 4.79 Å². The third-order valence-electron chi connectivity index (χ3n) is 5.13. The molecule has 1 amide bonds. The van der Waals surface area contributed by atoms with Gasteiger partial charge in [-0.15, -0.1) is 0 Å². The number of methoxy groups -OCH3 is 1. The number of amides is 1. The van der Waals surface area contributed by atoms with Crippen LogP contribution in [0, 0.1) is 0 Å². The zero-order chi connectivity index (χ0) is 21.1.